The van der Waals surface area contributed by atoms with Gasteiger partial charge in [0.05, 0.1) is 30.2 Å². The van der Waals surface area contributed by atoms with Gasteiger partial charge in [0.15, 0.2) is 0 Å². The lowest BCUT2D eigenvalue weighted by atomic mass is 10.2. The fourth-order valence-corrected chi connectivity index (χ4v) is 3.07. The molecule has 0 aliphatic carbocycles. The van der Waals surface area contributed by atoms with E-state index in [2.05, 4.69) is 15.1 Å². The molecule has 28 heavy (non-hydrogen) atoms. The van der Waals surface area contributed by atoms with Crippen LogP contribution in [-0.4, -0.2) is 49.5 Å². The number of aromatic nitrogens is 5. The Bertz CT molecular complexity index is 1210. The van der Waals surface area contributed by atoms with E-state index in [-0.39, 0.29) is 54.2 Å². The second-order valence-electron chi connectivity index (χ2n) is 6.43. The van der Waals surface area contributed by atoms with Crippen LogP contribution < -0.4 is 5.56 Å². The summed E-state index contributed by atoms with van der Waals surface area (Å²) in [5, 5.41) is 13.2. The molecule has 1 atom stereocenters. The number of rotatable bonds is 6. The Balaban J connectivity index is 1.99. The SMILES string of the molecule is COCCn1c(=O)c2c(-c3noc(C(C)CO)n3)ncn2c2ccc(F)cc21. The van der Waals surface area contributed by atoms with Crippen LogP contribution in [0.4, 0.5) is 4.39 Å². The number of hydrogen-bond donors (Lipinski definition) is 1. The van der Waals surface area contributed by atoms with Gasteiger partial charge in [0, 0.05) is 13.7 Å². The van der Waals surface area contributed by atoms with E-state index in [0.717, 1.165) is 0 Å². The van der Waals surface area contributed by atoms with E-state index >= 15 is 0 Å². The minimum Gasteiger partial charge on any atom is -0.396 e. The van der Waals surface area contributed by atoms with Gasteiger partial charge < -0.3 is 18.9 Å². The fourth-order valence-electron chi connectivity index (χ4n) is 3.07. The molecule has 3 aromatic heterocycles. The maximum absolute atomic E-state index is 13.8. The third kappa shape index (κ3) is 2.86. The number of benzene rings is 1. The van der Waals surface area contributed by atoms with Crippen LogP contribution in [0.1, 0.15) is 18.7 Å². The molecule has 9 nitrogen and oxygen atoms in total. The van der Waals surface area contributed by atoms with Crippen molar-refractivity contribution in [2.45, 2.75) is 19.4 Å². The average Bonchev–Trinajstić information content (AvgIpc) is 3.34. The first-order chi connectivity index (χ1) is 13.5. The number of fused-ring (bicyclic) bond motifs is 3. The lowest BCUT2D eigenvalue weighted by Crippen LogP contribution is -2.25. The van der Waals surface area contributed by atoms with Gasteiger partial charge in [-0.25, -0.2) is 9.37 Å². The van der Waals surface area contributed by atoms with Gasteiger partial charge in [-0.15, -0.1) is 0 Å². The zero-order chi connectivity index (χ0) is 19.8. The highest BCUT2D eigenvalue weighted by molar-refractivity contribution is 5.83. The first-order valence-electron chi connectivity index (χ1n) is 8.68. The summed E-state index contributed by atoms with van der Waals surface area (Å²) in [5.74, 6) is -0.383. The molecule has 0 aliphatic heterocycles. The number of halogens is 1. The Morgan fingerprint density at radius 3 is 2.93 bits per heavy atom. The van der Waals surface area contributed by atoms with E-state index in [1.54, 1.807) is 17.4 Å². The average molecular weight is 387 g/mol. The summed E-state index contributed by atoms with van der Waals surface area (Å²) >= 11 is 0. The van der Waals surface area contributed by atoms with Gasteiger partial charge in [-0.2, -0.15) is 4.98 Å². The summed E-state index contributed by atoms with van der Waals surface area (Å²) in [6, 6.07) is 4.21. The first-order valence-corrected chi connectivity index (χ1v) is 8.68. The topological polar surface area (TPSA) is 108 Å². The maximum atomic E-state index is 13.8. The van der Waals surface area contributed by atoms with E-state index in [0.29, 0.717) is 11.0 Å². The second kappa shape index (κ2) is 7.13. The van der Waals surface area contributed by atoms with Gasteiger partial charge in [-0.05, 0) is 18.2 Å². The molecule has 1 unspecified atom stereocenters. The van der Waals surface area contributed by atoms with Crippen LogP contribution in [0.3, 0.4) is 0 Å². The van der Waals surface area contributed by atoms with Crippen molar-refractivity contribution in [1.29, 1.82) is 0 Å². The van der Waals surface area contributed by atoms with Crippen molar-refractivity contribution in [1.82, 2.24) is 24.1 Å². The largest absolute Gasteiger partial charge is 0.396 e. The molecule has 1 N–H and O–H groups in total. The maximum Gasteiger partial charge on any atom is 0.277 e. The number of aliphatic hydroxyl groups excluding tert-OH is 1. The van der Waals surface area contributed by atoms with E-state index in [4.69, 9.17) is 9.26 Å². The van der Waals surface area contributed by atoms with Crippen molar-refractivity contribution in [3.8, 4) is 11.5 Å². The molecular weight excluding hydrogens is 369 g/mol. The minimum atomic E-state index is -0.446. The fraction of sp³-hybridized carbons (Fsp3) is 0.333. The lowest BCUT2D eigenvalue weighted by molar-refractivity contribution is 0.187. The Kier molecular flexibility index (Phi) is 4.65. The van der Waals surface area contributed by atoms with E-state index < -0.39 is 5.82 Å². The normalized spacial score (nSPS) is 12.9. The standard InChI is InChI=1S/C18H18FN5O4/c1-10(8-25)17-21-16(22-28-17)14-15-18(26)23(5-6-27-2)13-7-11(19)3-4-12(13)24(15)9-20-14/h3-4,7,9-10,25H,5-6,8H2,1-2H3. The van der Waals surface area contributed by atoms with Crippen LogP contribution in [0.15, 0.2) is 33.8 Å². The van der Waals surface area contributed by atoms with Crippen LogP contribution in [0.2, 0.25) is 0 Å². The zero-order valence-electron chi connectivity index (χ0n) is 15.3. The third-order valence-corrected chi connectivity index (χ3v) is 4.57. The van der Waals surface area contributed by atoms with Crippen LogP contribution in [-0.2, 0) is 11.3 Å². The highest BCUT2D eigenvalue weighted by Crippen LogP contribution is 2.24. The molecule has 1 aromatic carbocycles. The summed E-state index contributed by atoms with van der Waals surface area (Å²) in [6.45, 7) is 2.12. The van der Waals surface area contributed by atoms with Gasteiger partial charge in [0.25, 0.3) is 5.56 Å². The van der Waals surface area contributed by atoms with Crippen molar-refractivity contribution in [3.05, 3.63) is 46.6 Å². The van der Waals surface area contributed by atoms with Gasteiger partial charge in [-0.1, -0.05) is 12.1 Å². The first kappa shape index (κ1) is 18.3. The number of nitrogens with zero attached hydrogens (tertiary/aromatic N) is 5. The lowest BCUT2D eigenvalue weighted by Gasteiger charge is -2.12. The molecule has 0 radical (unpaired) electrons. The Morgan fingerprint density at radius 1 is 1.36 bits per heavy atom. The third-order valence-electron chi connectivity index (χ3n) is 4.57. The summed E-state index contributed by atoms with van der Waals surface area (Å²) in [4.78, 5) is 21.8. The Hall–Kier alpha value is -3.11. The van der Waals surface area contributed by atoms with Gasteiger partial charge >= 0.3 is 0 Å². The predicted octanol–water partition coefficient (Wildman–Crippen LogP) is 1.58. The number of aliphatic hydroxyl groups is 1. The monoisotopic (exact) mass is 387 g/mol. The summed E-state index contributed by atoms with van der Waals surface area (Å²) < 4.78 is 27.1. The van der Waals surface area contributed by atoms with Gasteiger partial charge in [-0.3, -0.25) is 9.20 Å². The molecule has 3 heterocycles. The Labute approximate surface area is 158 Å². The molecule has 4 rings (SSSR count). The van der Waals surface area contributed by atoms with E-state index in [1.165, 1.54) is 30.1 Å². The molecule has 10 heteroatoms. The molecule has 0 aliphatic rings. The highest BCUT2D eigenvalue weighted by Gasteiger charge is 2.22. The van der Waals surface area contributed by atoms with Crippen LogP contribution in [0, 0.1) is 5.82 Å². The minimum absolute atomic E-state index is 0.147. The van der Waals surface area contributed by atoms with Crippen molar-refractivity contribution >= 4 is 16.6 Å². The smallest absolute Gasteiger partial charge is 0.277 e. The molecule has 146 valence electrons. The summed E-state index contributed by atoms with van der Waals surface area (Å²) in [5.41, 5.74) is 1.17. The van der Waals surface area contributed by atoms with Gasteiger partial charge in [0.2, 0.25) is 11.7 Å². The van der Waals surface area contributed by atoms with Crippen LogP contribution in [0.25, 0.3) is 28.1 Å². The molecule has 0 amide bonds. The summed E-state index contributed by atoms with van der Waals surface area (Å²) in [6.07, 6.45) is 1.47. The molecule has 0 bridgehead atoms. The quantitative estimate of drug-likeness (QED) is 0.535. The molecule has 0 fully saturated rings. The number of imidazole rings is 1. The zero-order valence-corrected chi connectivity index (χ0v) is 15.3. The molecule has 0 saturated heterocycles. The van der Waals surface area contributed by atoms with Gasteiger partial charge in [0.1, 0.15) is 23.4 Å². The second-order valence-corrected chi connectivity index (χ2v) is 6.43. The Morgan fingerprint density at radius 2 is 2.18 bits per heavy atom. The van der Waals surface area contributed by atoms with Crippen molar-refractivity contribution < 1.29 is 18.8 Å². The number of methoxy groups -OCH3 is 1. The van der Waals surface area contributed by atoms with E-state index in [9.17, 15) is 14.3 Å². The van der Waals surface area contributed by atoms with Crippen LogP contribution in [0.5, 0.6) is 0 Å². The molecule has 0 spiro atoms. The summed E-state index contributed by atoms with van der Waals surface area (Å²) in [7, 11) is 1.53. The van der Waals surface area contributed by atoms with Crippen molar-refractivity contribution in [3.63, 3.8) is 0 Å². The van der Waals surface area contributed by atoms with Crippen molar-refractivity contribution in [2.75, 3.05) is 20.3 Å². The van der Waals surface area contributed by atoms with Crippen LogP contribution >= 0.6 is 0 Å². The molecule has 4 aromatic rings. The molecule has 0 saturated carbocycles. The highest BCUT2D eigenvalue weighted by atomic mass is 19.1. The molecular formula is C18H18FN5O4. The predicted molar refractivity (Wildman–Crippen MR) is 97.6 cm³/mol. The number of hydrogen-bond acceptors (Lipinski definition) is 7. The van der Waals surface area contributed by atoms with Crippen molar-refractivity contribution in [2.24, 2.45) is 0 Å². The number of ether oxygens (including phenoxy) is 1. The van der Waals surface area contributed by atoms with E-state index in [1.807, 2.05) is 0 Å².